The van der Waals surface area contributed by atoms with Crippen LogP contribution >= 0.6 is 0 Å². The minimum atomic E-state index is -1.03. The second kappa shape index (κ2) is 7.47. The second-order valence-electron chi connectivity index (χ2n) is 9.56. The number of methoxy groups -OCH3 is 1. The molecule has 0 aromatic carbocycles. The zero-order chi connectivity index (χ0) is 21.8. The number of hydrogen-bond donors (Lipinski definition) is 1. The van der Waals surface area contributed by atoms with Gasteiger partial charge in [-0.2, -0.15) is 0 Å². The molecule has 0 unspecified atom stereocenters. The van der Waals surface area contributed by atoms with Crippen molar-refractivity contribution >= 4 is 0 Å². The van der Waals surface area contributed by atoms with Gasteiger partial charge in [0.1, 0.15) is 23.9 Å². The van der Waals surface area contributed by atoms with Crippen LogP contribution in [0.2, 0.25) is 0 Å². The van der Waals surface area contributed by atoms with Crippen molar-refractivity contribution in [2.24, 2.45) is 17.3 Å². The molecule has 1 aliphatic carbocycles. The number of fused-ring (bicyclic) bond motifs is 1. The maximum absolute atomic E-state index is 11.6. The van der Waals surface area contributed by atoms with Gasteiger partial charge in [-0.25, -0.2) is 0 Å². The molecule has 0 amide bonds. The monoisotopic (exact) mass is 404 g/mol. The third-order valence-corrected chi connectivity index (χ3v) is 6.98. The number of ether oxygens (including phenoxy) is 4. The first-order chi connectivity index (χ1) is 13.4. The smallest absolute Gasteiger partial charge is 0.191 e. The Hall–Kier alpha value is -1.24. The minimum Gasteiger partial charge on any atom is -0.386 e. The van der Waals surface area contributed by atoms with E-state index in [0.717, 1.165) is 17.6 Å². The molecule has 0 saturated carbocycles. The molecular formula is C24H36O5. The van der Waals surface area contributed by atoms with Crippen molar-refractivity contribution in [1.29, 1.82) is 0 Å². The first-order valence-corrected chi connectivity index (χ1v) is 10.3. The van der Waals surface area contributed by atoms with Gasteiger partial charge in [-0.15, -0.1) is 13.2 Å². The summed E-state index contributed by atoms with van der Waals surface area (Å²) in [5.41, 5.74) is 0.635. The molecule has 162 valence electrons. The molecule has 0 bridgehead atoms. The SMILES string of the molecule is C=C[C@H]1C[C@H](C(=C)C)C=C([C@@H](O)[C@H]2O[C@@H]3OC(C)(C)O[C@@H]3[C@]2(C=C)OC)C1(C)C. The fourth-order valence-electron chi connectivity index (χ4n) is 5.08. The van der Waals surface area contributed by atoms with Crippen LogP contribution in [0.15, 0.2) is 49.1 Å². The highest BCUT2D eigenvalue weighted by atomic mass is 16.8. The van der Waals surface area contributed by atoms with E-state index in [0.29, 0.717) is 0 Å². The summed E-state index contributed by atoms with van der Waals surface area (Å²) < 4.78 is 24.1. The predicted molar refractivity (Wildman–Crippen MR) is 113 cm³/mol. The van der Waals surface area contributed by atoms with Crippen molar-refractivity contribution in [1.82, 2.24) is 0 Å². The van der Waals surface area contributed by atoms with Crippen LogP contribution in [0.1, 0.15) is 41.0 Å². The Morgan fingerprint density at radius 1 is 1.28 bits per heavy atom. The molecule has 2 heterocycles. The van der Waals surface area contributed by atoms with Gasteiger partial charge in [0.05, 0.1) is 0 Å². The Labute approximate surface area is 175 Å². The summed E-state index contributed by atoms with van der Waals surface area (Å²) in [7, 11) is 1.59. The van der Waals surface area contributed by atoms with E-state index in [-0.39, 0.29) is 17.3 Å². The predicted octanol–water partition coefficient (Wildman–Crippen LogP) is 4.15. The number of aliphatic hydroxyl groups is 1. The summed E-state index contributed by atoms with van der Waals surface area (Å²) in [6, 6.07) is 0. The lowest BCUT2D eigenvalue weighted by molar-refractivity contribution is -0.236. The van der Waals surface area contributed by atoms with E-state index >= 15 is 0 Å². The number of aliphatic hydroxyl groups excluding tert-OH is 1. The van der Waals surface area contributed by atoms with E-state index in [1.54, 1.807) is 13.2 Å². The second-order valence-corrected chi connectivity index (χ2v) is 9.56. The molecule has 3 aliphatic rings. The topological polar surface area (TPSA) is 57.2 Å². The zero-order valence-electron chi connectivity index (χ0n) is 18.6. The van der Waals surface area contributed by atoms with Gasteiger partial charge in [0.2, 0.25) is 0 Å². The van der Waals surface area contributed by atoms with Crippen molar-refractivity contribution < 1.29 is 24.1 Å². The van der Waals surface area contributed by atoms with E-state index in [1.807, 2.05) is 26.8 Å². The molecular weight excluding hydrogens is 368 g/mol. The summed E-state index contributed by atoms with van der Waals surface area (Å²) in [5, 5.41) is 11.6. The lowest BCUT2D eigenvalue weighted by Gasteiger charge is -2.46. The third-order valence-electron chi connectivity index (χ3n) is 6.98. The quantitative estimate of drug-likeness (QED) is 0.674. The average molecular weight is 405 g/mol. The lowest BCUT2D eigenvalue weighted by atomic mass is 9.62. The van der Waals surface area contributed by atoms with E-state index in [2.05, 4.69) is 39.7 Å². The van der Waals surface area contributed by atoms with Crippen LogP contribution in [0.5, 0.6) is 0 Å². The van der Waals surface area contributed by atoms with Gasteiger partial charge in [0.25, 0.3) is 0 Å². The van der Waals surface area contributed by atoms with Gasteiger partial charge in [0, 0.05) is 7.11 Å². The molecule has 0 radical (unpaired) electrons. The van der Waals surface area contributed by atoms with E-state index in [1.165, 1.54) is 0 Å². The molecule has 0 aromatic rings. The molecule has 0 spiro atoms. The number of hydrogen-bond acceptors (Lipinski definition) is 5. The molecule has 2 fully saturated rings. The van der Waals surface area contributed by atoms with Crippen LogP contribution < -0.4 is 0 Å². The summed E-state index contributed by atoms with van der Waals surface area (Å²) in [6.07, 6.45) is 3.93. The van der Waals surface area contributed by atoms with Gasteiger partial charge in [-0.05, 0) is 50.0 Å². The van der Waals surface area contributed by atoms with E-state index < -0.39 is 36.0 Å². The number of allylic oxidation sites excluding steroid dienone is 3. The van der Waals surface area contributed by atoms with Crippen molar-refractivity contribution in [3.63, 3.8) is 0 Å². The van der Waals surface area contributed by atoms with E-state index in [9.17, 15) is 5.11 Å². The highest BCUT2D eigenvalue weighted by Gasteiger charge is 2.65. The van der Waals surface area contributed by atoms with Gasteiger partial charge < -0.3 is 24.1 Å². The van der Waals surface area contributed by atoms with Crippen LogP contribution in [0.3, 0.4) is 0 Å². The Morgan fingerprint density at radius 3 is 2.45 bits per heavy atom. The maximum Gasteiger partial charge on any atom is 0.191 e. The highest BCUT2D eigenvalue weighted by molar-refractivity contribution is 5.32. The Morgan fingerprint density at radius 2 is 1.93 bits per heavy atom. The normalized spacial score (nSPS) is 41.3. The Kier molecular flexibility index (Phi) is 5.78. The van der Waals surface area contributed by atoms with E-state index in [4.69, 9.17) is 18.9 Å². The zero-order valence-corrected chi connectivity index (χ0v) is 18.6. The molecule has 0 aromatic heterocycles. The van der Waals surface area contributed by atoms with Crippen molar-refractivity contribution in [2.75, 3.05) is 7.11 Å². The minimum absolute atomic E-state index is 0.170. The summed E-state index contributed by atoms with van der Waals surface area (Å²) >= 11 is 0. The fourth-order valence-corrected chi connectivity index (χ4v) is 5.08. The largest absolute Gasteiger partial charge is 0.386 e. The van der Waals surface area contributed by atoms with Gasteiger partial charge in [0.15, 0.2) is 12.1 Å². The van der Waals surface area contributed by atoms with Crippen LogP contribution in [-0.2, 0) is 18.9 Å². The highest BCUT2D eigenvalue weighted by Crippen LogP contribution is 2.52. The van der Waals surface area contributed by atoms with Crippen LogP contribution in [0.25, 0.3) is 0 Å². The molecule has 5 nitrogen and oxygen atoms in total. The van der Waals surface area contributed by atoms with Gasteiger partial charge in [-0.3, -0.25) is 0 Å². The fraction of sp³-hybridized carbons (Fsp3) is 0.667. The maximum atomic E-state index is 11.6. The molecule has 2 aliphatic heterocycles. The standard InChI is InChI=1S/C24H36O5/c1-10-16-12-15(14(3)4)13-17(22(16,5)6)18(25)19-24(11-2,26-9)20-21(27-19)29-23(7,8)28-20/h10-11,13,15-16,18-21,25H,1-3,12H2,4-9H3/t15-,16-,18+,19+,20-,21+,24+/m0/s1. The van der Waals surface area contributed by atoms with Crippen molar-refractivity contribution in [3.05, 3.63) is 49.1 Å². The van der Waals surface area contributed by atoms with Gasteiger partial charge in [-0.1, -0.05) is 44.2 Å². The van der Waals surface area contributed by atoms with Crippen molar-refractivity contribution in [2.45, 2.75) is 77.0 Å². The van der Waals surface area contributed by atoms with Crippen molar-refractivity contribution in [3.8, 4) is 0 Å². The average Bonchev–Trinajstić information content (AvgIpc) is 3.10. The molecule has 5 heteroatoms. The molecule has 2 saturated heterocycles. The van der Waals surface area contributed by atoms with Crippen LogP contribution in [-0.4, -0.2) is 48.2 Å². The Bertz CT molecular complexity index is 721. The summed E-state index contributed by atoms with van der Waals surface area (Å²) in [4.78, 5) is 0. The number of rotatable bonds is 6. The summed E-state index contributed by atoms with van der Waals surface area (Å²) in [6.45, 7) is 22.1. The van der Waals surface area contributed by atoms with Crippen LogP contribution in [0.4, 0.5) is 0 Å². The van der Waals surface area contributed by atoms with Crippen LogP contribution in [0, 0.1) is 17.3 Å². The molecule has 29 heavy (non-hydrogen) atoms. The first-order valence-electron chi connectivity index (χ1n) is 10.3. The summed E-state index contributed by atoms with van der Waals surface area (Å²) in [5.74, 6) is -0.420. The molecule has 7 atom stereocenters. The first kappa shape index (κ1) is 22.4. The third kappa shape index (κ3) is 3.47. The Balaban J connectivity index is 2.02. The molecule has 1 N–H and O–H groups in total. The lowest BCUT2D eigenvalue weighted by Crippen LogP contribution is -2.55. The molecule has 3 rings (SSSR count). The van der Waals surface area contributed by atoms with Gasteiger partial charge >= 0.3 is 0 Å².